The zero-order valence-electron chi connectivity index (χ0n) is 16.8. The van der Waals surface area contributed by atoms with E-state index in [0.29, 0.717) is 18.8 Å². The van der Waals surface area contributed by atoms with Crippen LogP contribution in [0.4, 0.5) is 23.7 Å². The molecule has 1 saturated heterocycles. The molecule has 2 heterocycles. The summed E-state index contributed by atoms with van der Waals surface area (Å²) in [6.07, 6.45) is -1.04. The molecule has 2 fully saturated rings. The second kappa shape index (κ2) is 7.51. The summed E-state index contributed by atoms with van der Waals surface area (Å²) >= 11 is 0. The van der Waals surface area contributed by atoms with Gasteiger partial charge in [-0.05, 0) is 36.4 Å². The molecule has 3 amide bonds. The fourth-order valence-corrected chi connectivity index (χ4v) is 4.43. The van der Waals surface area contributed by atoms with Crippen LogP contribution in [0.3, 0.4) is 0 Å². The predicted octanol–water partition coefficient (Wildman–Crippen LogP) is 4.15. The van der Waals surface area contributed by atoms with Crippen LogP contribution in [0.25, 0.3) is 10.8 Å². The highest BCUT2D eigenvalue weighted by atomic mass is 19.4. The number of halogens is 3. The second-order valence-corrected chi connectivity index (χ2v) is 8.14. The summed E-state index contributed by atoms with van der Waals surface area (Å²) in [4.78, 5) is 30.8. The molecule has 0 bridgehead atoms. The lowest BCUT2D eigenvalue weighted by molar-refractivity contribution is -0.137. The van der Waals surface area contributed by atoms with E-state index < -0.39 is 11.7 Å². The Labute approximate surface area is 181 Å². The van der Waals surface area contributed by atoms with Crippen molar-refractivity contribution in [3.05, 3.63) is 72.1 Å². The molecule has 9 heteroatoms. The Morgan fingerprint density at radius 1 is 1.00 bits per heavy atom. The Morgan fingerprint density at radius 3 is 2.41 bits per heavy atom. The zero-order valence-corrected chi connectivity index (χ0v) is 16.8. The molecule has 6 nitrogen and oxygen atoms in total. The van der Waals surface area contributed by atoms with E-state index in [2.05, 4.69) is 15.6 Å². The van der Waals surface area contributed by atoms with Crippen LogP contribution < -0.4 is 10.6 Å². The number of benzene rings is 2. The van der Waals surface area contributed by atoms with E-state index in [0.717, 1.165) is 22.9 Å². The van der Waals surface area contributed by atoms with Crippen molar-refractivity contribution in [3.8, 4) is 0 Å². The van der Waals surface area contributed by atoms with Gasteiger partial charge in [0, 0.05) is 59.7 Å². The number of pyridine rings is 1. The molecule has 2 unspecified atom stereocenters. The minimum Gasteiger partial charge on any atom is -0.338 e. The molecular weight excluding hydrogens is 421 g/mol. The summed E-state index contributed by atoms with van der Waals surface area (Å²) in [7, 11) is 0. The first kappa shape index (κ1) is 20.3. The standard InChI is InChI=1S/C23H19F3N4O2/c24-23(25,26)15-6-4-13(5-7-15)21(31)30-11-17-18(12-30)20(17)29-22(32)28-19-3-1-2-14-10-27-9-8-16(14)19/h1-10,17-18,20H,11-12H2,(H2,28,29,32). The van der Waals surface area contributed by atoms with E-state index in [1.54, 1.807) is 17.3 Å². The minimum atomic E-state index is -4.43. The van der Waals surface area contributed by atoms with Crippen molar-refractivity contribution in [3.63, 3.8) is 0 Å². The Morgan fingerprint density at radius 2 is 1.72 bits per heavy atom. The highest BCUT2D eigenvalue weighted by molar-refractivity contribution is 6.01. The average molecular weight is 440 g/mol. The van der Waals surface area contributed by atoms with Gasteiger partial charge in [0.05, 0.1) is 11.3 Å². The maximum Gasteiger partial charge on any atom is 0.416 e. The van der Waals surface area contributed by atoms with Crippen molar-refractivity contribution in [2.75, 3.05) is 18.4 Å². The van der Waals surface area contributed by atoms with E-state index >= 15 is 0 Å². The molecule has 1 aliphatic heterocycles. The van der Waals surface area contributed by atoms with Gasteiger partial charge in [0.1, 0.15) is 0 Å². The van der Waals surface area contributed by atoms with Crippen LogP contribution in [0.15, 0.2) is 60.9 Å². The van der Waals surface area contributed by atoms with Gasteiger partial charge in [0.2, 0.25) is 0 Å². The average Bonchev–Trinajstić information content (AvgIpc) is 3.20. The summed E-state index contributed by atoms with van der Waals surface area (Å²) in [6.45, 7) is 0.935. The number of fused-ring (bicyclic) bond motifs is 2. The summed E-state index contributed by atoms with van der Waals surface area (Å²) in [5, 5.41) is 7.65. The fraction of sp³-hybridized carbons (Fsp3) is 0.261. The normalized spacial score (nSPS) is 21.8. The number of anilines is 1. The molecule has 164 valence electrons. The number of hydrogen-bond donors (Lipinski definition) is 2. The highest BCUT2D eigenvalue weighted by Gasteiger charge is 2.57. The number of aromatic nitrogens is 1. The van der Waals surface area contributed by atoms with Crippen molar-refractivity contribution in [1.82, 2.24) is 15.2 Å². The lowest BCUT2D eigenvalue weighted by Gasteiger charge is -2.21. The van der Waals surface area contributed by atoms with Crippen LogP contribution in [-0.4, -0.2) is 41.0 Å². The van der Waals surface area contributed by atoms with E-state index in [-0.39, 0.29) is 35.4 Å². The van der Waals surface area contributed by atoms with Crippen molar-refractivity contribution in [2.24, 2.45) is 11.8 Å². The van der Waals surface area contributed by atoms with Crippen molar-refractivity contribution < 1.29 is 22.8 Å². The number of amides is 3. The van der Waals surface area contributed by atoms with Crippen molar-refractivity contribution in [1.29, 1.82) is 0 Å². The van der Waals surface area contributed by atoms with Gasteiger partial charge in [-0.1, -0.05) is 12.1 Å². The molecule has 2 aliphatic rings. The molecule has 0 radical (unpaired) electrons. The Kier molecular flexibility index (Phi) is 4.76. The maximum absolute atomic E-state index is 12.7. The topological polar surface area (TPSA) is 74.3 Å². The Hall–Kier alpha value is -3.62. The summed E-state index contributed by atoms with van der Waals surface area (Å²) in [5.74, 6) is 0.00484. The Balaban J connectivity index is 1.16. The van der Waals surface area contributed by atoms with Gasteiger partial charge in [-0.25, -0.2) is 4.79 Å². The number of carbonyl (C=O) groups is 2. The molecule has 5 rings (SSSR count). The van der Waals surface area contributed by atoms with Gasteiger partial charge in [-0.3, -0.25) is 9.78 Å². The third-order valence-electron chi connectivity index (χ3n) is 6.17. The van der Waals surface area contributed by atoms with Gasteiger partial charge < -0.3 is 15.5 Å². The molecule has 2 aromatic carbocycles. The van der Waals surface area contributed by atoms with E-state index in [4.69, 9.17) is 0 Å². The number of rotatable bonds is 3. The number of carbonyl (C=O) groups excluding carboxylic acids is 2. The molecule has 0 spiro atoms. The molecular formula is C23H19F3N4O2. The predicted molar refractivity (Wildman–Crippen MR) is 112 cm³/mol. The summed E-state index contributed by atoms with van der Waals surface area (Å²) in [6, 6.07) is 11.3. The number of alkyl halides is 3. The van der Waals surface area contributed by atoms with Gasteiger partial charge in [-0.15, -0.1) is 0 Å². The smallest absolute Gasteiger partial charge is 0.338 e. The molecule has 1 saturated carbocycles. The third-order valence-corrected chi connectivity index (χ3v) is 6.17. The van der Waals surface area contributed by atoms with Gasteiger partial charge in [0.25, 0.3) is 5.91 Å². The zero-order chi connectivity index (χ0) is 22.5. The van der Waals surface area contributed by atoms with Gasteiger partial charge in [-0.2, -0.15) is 13.2 Å². The molecule has 1 aromatic heterocycles. The molecule has 1 aliphatic carbocycles. The monoisotopic (exact) mass is 440 g/mol. The number of urea groups is 1. The van der Waals surface area contributed by atoms with Crippen molar-refractivity contribution in [2.45, 2.75) is 12.2 Å². The van der Waals surface area contributed by atoms with Crippen LogP contribution in [-0.2, 0) is 6.18 Å². The fourth-order valence-electron chi connectivity index (χ4n) is 4.43. The second-order valence-electron chi connectivity index (χ2n) is 8.14. The van der Waals surface area contributed by atoms with Crippen LogP contribution in [0, 0.1) is 11.8 Å². The van der Waals surface area contributed by atoms with Gasteiger partial charge >= 0.3 is 12.2 Å². The lowest BCUT2D eigenvalue weighted by atomic mass is 10.1. The van der Waals surface area contributed by atoms with Crippen LogP contribution in [0.1, 0.15) is 15.9 Å². The first-order chi connectivity index (χ1) is 15.3. The molecule has 3 aromatic rings. The van der Waals surface area contributed by atoms with E-state index in [1.807, 2.05) is 24.3 Å². The van der Waals surface area contributed by atoms with Gasteiger partial charge in [0.15, 0.2) is 0 Å². The minimum absolute atomic E-state index is 0.0247. The number of likely N-dealkylation sites (tertiary alicyclic amines) is 1. The summed E-state index contributed by atoms with van der Waals surface area (Å²) < 4.78 is 38.1. The SMILES string of the molecule is O=C(Nc1cccc2cnccc12)NC1C2CN(C(=O)c3ccc(C(F)(F)F)cc3)CC21. The number of nitrogens with zero attached hydrogens (tertiary/aromatic N) is 2. The number of nitrogens with one attached hydrogen (secondary N) is 2. The number of piperidine rings is 1. The van der Waals surface area contributed by atoms with E-state index in [9.17, 15) is 22.8 Å². The van der Waals surface area contributed by atoms with Crippen LogP contribution in [0.2, 0.25) is 0 Å². The van der Waals surface area contributed by atoms with Crippen molar-refractivity contribution >= 4 is 28.4 Å². The van der Waals surface area contributed by atoms with E-state index in [1.165, 1.54) is 12.1 Å². The first-order valence-corrected chi connectivity index (χ1v) is 10.2. The maximum atomic E-state index is 12.7. The van der Waals surface area contributed by atoms with Crippen LogP contribution >= 0.6 is 0 Å². The number of hydrogen-bond acceptors (Lipinski definition) is 3. The quantitative estimate of drug-likeness (QED) is 0.643. The summed E-state index contributed by atoms with van der Waals surface area (Å²) in [5.41, 5.74) is 0.135. The molecule has 2 N–H and O–H groups in total. The molecule has 2 atom stereocenters. The highest BCUT2D eigenvalue weighted by Crippen LogP contribution is 2.46. The largest absolute Gasteiger partial charge is 0.416 e. The molecule has 32 heavy (non-hydrogen) atoms. The van der Waals surface area contributed by atoms with Crippen LogP contribution in [0.5, 0.6) is 0 Å². The lowest BCUT2D eigenvalue weighted by Crippen LogP contribution is -2.39. The first-order valence-electron chi connectivity index (χ1n) is 10.2. The third kappa shape index (κ3) is 3.74. The Bertz CT molecular complexity index is 1180.